The van der Waals surface area contributed by atoms with Gasteiger partial charge in [0.15, 0.2) is 0 Å². The summed E-state index contributed by atoms with van der Waals surface area (Å²) in [7, 11) is 0. The first-order valence-electron chi connectivity index (χ1n) is 5.25. The van der Waals surface area contributed by atoms with Gasteiger partial charge < -0.3 is 10.0 Å². The normalized spacial score (nSPS) is 19.4. The molecule has 1 saturated heterocycles. The number of aromatic nitrogens is 1. The Morgan fingerprint density at radius 2 is 2.24 bits per heavy atom. The first-order chi connectivity index (χ1) is 8.09. The highest BCUT2D eigenvalue weighted by molar-refractivity contribution is 6.30. The Morgan fingerprint density at radius 3 is 2.82 bits per heavy atom. The van der Waals surface area contributed by atoms with Crippen LogP contribution in [0.3, 0.4) is 0 Å². The molecule has 1 unspecified atom stereocenters. The Hall–Kier alpha value is -1.62. The second-order valence-corrected chi connectivity index (χ2v) is 4.29. The van der Waals surface area contributed by atoms with Crippen LogP contribution >= 0.6 is 11.6 Å². The van der Waals surface area contributed by atoms with Gasteiger partial charge in [-0.15, -0.1) is 0 Å². The van der Waals surface area contributed by atoms with E-state index >= 15 is 0 Å². The number of likely N-dealkylation sites (tertiary alicyclic amines) is 1. The van der Waals surface area contributed by atoms with Crippen molar-refractivity contribution in [3.05, 3.63) is 29.0 Å². The number of amides is 1. The largest absolute Gasteiger partial charge is 0.480 e. The van der Waals surface area contributed by atoms with E-state index in [1.54, 1.807) is 6.07 Å². The molecule has 2 rings (SSSR count). The minimum atomic E-state index is -0.968. The molecule has 1 aliphatic rings. The summed E-state index contributed by atoms with van der Waals surface area (Å²) in [5.74, 6) is -1.32. The van der Waals surface area contributed by atoms with Crippen LogP contribution in [-0.2, 0) is 4.79 Å². The molecule has 0 spiro atoms. The maximum Gasteiger partial charge on any atom is 0.326 e. The summed E-state index contributed by atoms with van der Waals surface area (Å²) in [6.45, 7) is 0.458. The highest BCUT2D eigenvalue weighted by atomic mass is 35.5. The van der Waals surface area contributed by atoms with Gasteiger partial charge in [-0.3, -0.25) is 4.79 Å². The number of carboxylic acids is 1. The average Bonchev–Trinajstić information content (AvgIpc) is 2.78. The second-order valence-electron chi connectivity index (χ2n) is 3.86. The van der Waals surface area contributed by atoms with E-state index in [2.05, 4.69) is 4.98 Å². The number of rotatable bonds is 2. The first kappa shape index (κ1) is 11.9. The molecule has 90 valence electrons. The van der Waals surface area contributed by atoms with Gasteiger partial charge in [-0.05, 0) is 25.0 Å². The van der Waals surface area contributed by atoms with E-state index < -0.39 is 12.0 Å². The van der Waals surface area contributed by atoms with Gasteiger partial charge in [0.05, 0.1) is 5.02 Å². The summed E-state index contributed by atoms with van der Waals surface area (Å²) in [5.41, 5.74) is 0.225. The third-order valence-electron chi connectivity index (χ3n) is 2.75. The minimum Gasteiger partial charge on any atom is -0.480 e. The van der Waals surface area contributed by atoms with Gasteiger partial charge in [-0.1, -0.05) is 11.6 Å². The average molecular weight is 255 g/mol. The van der Waals surface area contributed by atoms with Crippen LogP contribution in [0.2, 0.25) is 5.02 Å². The number of carbonyl (C=O) groups excluding carboxylic acids is 1. The van der Waals surface area contributed by atoms with E-state index in [9.17, 15) is 9.59 Å². The third kappa shape index (κ3) is 2.39. The maximum atomic E-state index is 12.0. The first-order valence-corrected chi connectivity index (χ1v) is 5.62. The number of hydrogen-bond acceptors (Lipinski definition) is 3. The van der Waals surface area contributed by atoms with E-state index in [1.807, 2.05) is 0 Å². The summed E-state index contributed by atoms with van der Waals surface area (Å²) in [6, 6.07) is 2.33. The van der Waals surface area contributed by atoms with Gasteiger partial charge in [-0.25, -0.2) is 9.78 Å². The van der Waals surface area contributed by atoms with Gasteiger partial charge in [-0.2, -0.15) is 0 Å². The van der Waals surface area contributed by atoms with Crippen LogP contribution < -0.4 is 0 Å². The second kappa shape index (κ2) is 4.71. The molecule has 1 fully saturated rings. The van der Waals surface area contributed by atoms with Crippen molar-refractivity contribution in [1.82, 2.24) is 9.88 Å². The standard InChI is InChI=1S/C11H11ClN2O3/c12-7-3-4-8(13-6-7)10(15)14-5-1-2-9(14)11(16)17/h3-4,6,9H,1-2,5H2,(H,16,17). The lowest BCUT2D eigenvalue weighted by atomic mass is 10.2. The molecule has 1 aromatic rings. The van der Waals surface area contributed by atoms with Crippen LogP contribution in [0.4, 0.5) is 0 Å². The van der Waals surface area contributed by atoms with Crippen molar-refractivity contribution in [1.29, 1.82) is 0 Å². The van der Waals surface area contributed by atoms with Crippen molar-refractivity contribution >= 4 is 23.5 Å². The molecule has 1 atom stereocenters. The Kier molecular flexibility index (Phi) is 3.28. The van der Waals surface area contributed by atoms with Crippen molar-refractivity contribution in [2.24, 2.45) is 0 Å². The van der Waals surface area contributed by atoms with Gasteiger partial charge in [0.25, 0.3) is 5.91 Å². The molecule has 5 nitrogen and oxygen atoms in total. The summed E-state index contributed by atoms with van der Waals surface area (Å²) in [5, 5.41) is 9.43. The number of carboxylic acid groups (broad SMARTS) is 1. The number of aliphatic carboxylic acids is 1. The Balaban J connectivity index is 2.19. The number of hydrogen-bond donors (Lipinski definition) is 1. The molecule has 6 heteroatoms. The Labute approximate surface area is 103 Å². The van der Waals surface area contributed by atoms with Crippen LogP contribution in [-0.4, -0.2) is 39.5 Å². The van der Waals surface area contributed by atoms with Crippen molar-refractivity contribution in [2.75, 3.05) is 6.54 Å². The fraction of sp³-hybridized carbons (Fsp3) is 0.364. The third-order valence-corrected chi connectivity index (χ3v) is 2.97. The summed E-state index contributed by atoms with van der Waals surface area (Å²) in [4.78, 5) is 28.2. The molecule has 1 aliphatic heterocycles. The van der Waals surface area contributed by atoms with E-state index in [4.69, 9.17) is 16.7 Å². The van der Waals surface area contributed by atoms with Crippen molar-refractivity contribution in [3.63, 3.8) is 0 Å². The Morgan fingerprint density at radius 1 is 1.47 bits per heavy atom. The predicted molar refractivity (Wildman–Crippen MR) is 60.9 cm³/mol. The lowest BCUT2D eigenvalue weighted by Crippen LogP contribution is -2.40. The number of carbonyl (C=O) groups is 2. The molecular weight excluding hydrogens is 244 g/mol. The smallest absolute Gasteiger partial charge is 0.326 e. The summed E-state index contributed by atoms with van der Waals surface area (Å²) in [6.07, 6.45) is 2.57. The SMILES string of the molecule is O=C(O)C1CCCN1C(=O)c1ccc(Cl)cn1. The molecule has 0 radical (unpaired) electrons. The molecule has 0 aromatic carbocycles. The van der Waals surface area contributed by atoms with E-state index in [1.165, 1.54) is 17.2 Å². The monoisotopic (exact) mass is 254 g/mol. The zero-order chi connectivity index (χ0) is 12.4. The van der Waals surface area contributed by atoms with Gasteiger partial charge in [0, 0.05) is 12.7 Å². The number of nitrogens with zero attached hydrogens (tertiary/aromatic N) is 2. The lowest BCUT2D eigenvalue weighted by molar-refractivity contribution is -0.141. The summed E-state index contributed by atoms with van der Waals surface area (Å²) >= 11 is 5.67. The molecule has 1 N–H and O–H groups in total. The van der Waals surface area contributed by atoms with Crippen LogP contribution in [0.15, 0.2) is 18.3 Å². The van der Waals surface area contributed by atoms with Crippen LogP contribution in [0.25, 0.3) is 0 Å². The lowest BCUT2D eigenvalue weighted by Gasteiger charge is -2.20. The molecule has 1 amide bonds. The molecular formula is C11H11ClN2O3. The quantitative estimate of drug-likeness (QED) is 0.867. The van der Waals surface area contributed by atoms with E-state index in [0.717, 1.165) is 0 Å². The molecule has 17 heavy (non-hydrogen) atoms. The van der Waals surface area contributed by atoms with Crippen LogP contribution in [0.1, 0.15) is 23.3 Å². The van der Waals surface area contributed by atoms with Gasteiger partial charge in [0.1, 0.15) is 11.7 Å². The van der Waals surface area contributed by atoms with Crippen molar-refractivity contribution < 1.29 is 14.7 Å². The molecule has 0 saturated carbocycles. The predicted octanol–water partition coefficient (Wildman–Crippen LogP) is 1.42. The highest BCUT2D eigenvalue weighted by Crippen LogP contribution is 2.20. The number of pyridine rings is 1. The Bertz CT molecular complexity index is 447. The van der Waals surface area contributed by atoms with Crippen LogP contribution in [0, 0.1) is 0 Å². The topological polar surface area (TPSA) is 70.5 Å². The zero-order valence-corrected chi connectivity index (χ0v) is 9.72. The van der Waals surface area contributed by atoms with E-state index in [0.29, 0.717) is 24.4 Å². The summed E-state index contributed by atoms with van der Waals surface area (Å²) < 4.78 is 0. The van der Waals surface area contributed by atoms with Gasteiger partial charge in [0.2, 0.25) is 0 Å². The molecule has 1 aromatic heterocycles. The molecule has 0 aliphatic carbocycles. The fourth-order valence-corrected chi connectivity index (χ4v) is 2.03. The molecule has 2 heterocycles. The van der Waals surface area contributed by atoms with Crippen molar-refractivity contribution in [3.8, 4) is 0 Å². The number of halogens is 1. The minimum absolute atomic E-state index is 0.225. The van der Waals surface area contributed by atoms with Crippen molar-refractivity contribution in [2.45, 2.75) is 18.9 Å². The zero-order valence-electron chi connectivity index (χ0n) is 8.97. The van der Waals surface area contributed by atoms with E-state index in [-0.39, 0.29) is 11.6 Å². The van der Waals surface area contributed by atoms with Gasteiger partial charge >= 0.3 is 5.97 Å². The molecule has 0 bridgehead atoms. The maximum absolute atomic E-state index is 12.0. The van der Waals surface area contributed by atoms with Crippen LogP contribution in [0.5, 0.6) is 0 Å². The fourth-order valence-electron chi connectivity index (χ4n) is 1.92. The highest BCUT2D eigenvalue weighted by Gasteiger charge is 2.34.